The number of hydrogen-bond donors (Lipinski definition) is 1. The van der Waals surface area contributed by atoms with Crippen LogP contribution in [0.25, 0.3) is 0 Å². The summed E-state index contributed by atoms with van der Waals surface area (Å²) in [5.41, 5.74) is 0. The Labute approximate surface area is 146 Å². The van der Waals surface area contributed by atoms with Gasteiger partial charge in [0.05, 0.1) is 0 Å². The van der Waals surface area contributed by atoms with Gasteiger partial charge in [-0.2, -0.15) is 0 Å². The molecule has 0 aromatic rings. The maximum atomic E-state index is 11.7. The minimum atomic E-state index is 0. The highest BCUT2D eigenvalue weighted by atomic mass is 127. The maximum absolute atomic E-state index is 11.7. The third kappa shape index (κ3) is 7.33. The van der Waals surface area contributed by atoms with Crippen LogP contribution in [0.15, 0.2) is 4.99 Å². The van der Waals surface area contributed by atoms with Crippen molar-refractivity contribution < 1.29 is 4.79 Å². The van der Waals surface area contributed by atoms with Gasteiger partial charge in [0.2, 0.25) is 5.91 Å². The normalized spacial score (nSPS) is 22.8. The van der Waals surface area contributed by atoms with Crippen molar-refractivity contribution in [1.82, 2.24) is 15.1 Å². The van der Waals surface area contributed by atoms with E-state index in [1.54, 1.807) is 19.0 Å². The molecular weight excluding hydrogens is 379 g/mol. The number of rotatable bonds is 3. The Hall–Kier alpha value is -0.530. The Balaban J connectivity index is 0.00000400. The molecule has 2 atom stereocenters. The number of halogens is 1. The van der Waals surface area contributed by atoms with Crippen molar-refractivity contribution in [3.8, 4) is 0 Å². The molecule has 1 aliphatic rings. The van der Waals surface area contributed by atoms with Crippen molar-refractivity contribution in [2.24, 2.45) is 16.8 Å². The number of piperidine rings is 1. The van der Waals surface area contributed by atoms with Gasteiger partial charge in [-0.15, -0.1) is 24.0 Å². The lowest BCUT2D eigenvalue weighted by molar-refractivity contribution is -0.127. The predicted molar refractivity (Wildman–Crippen MR) is 99.2 cm³/mol. The summed E-state index contributed by atoms with van der Waals surface area (Å²) < 4.78 is 0. The minimum absolute atomic E-state index is 0. The molecule has 0 bridgehead atoms. The van der Waals surface area contributed by atoms with Crippen LogP contribution in [-0.4, -0.2) is 61.4 Å². The smallest absolute Gasteiger partial charge is 0.243 e. The first-order valence-electron chi connectivity index (χ1n) is 7.55. The standard InChI is InChI=1S/C15H30N4O.HI/c1-11(2)17-15(16-8-14(20)18(5)6)19-9-12(3)7-13(4)10-19;/h11-13H,7-10H2,1-6H3,(H,16,17);1H. The number of carbonyl (C=O) groups is 1. The molecule has 0 aromatic carbocycles. The van der Waals surface area contributed by atoms with Crippen molar-refractivity contribution in [1.29, 1.82) is 0 Å². The van der Waals surface area contributed by atoms with Gasteiger partial charge in [0.15, 0.2) is 5.96 Å². The lowest BCUT2D eigenvalue weighted by Gasteiger charge is -2.37. The van der Waals surface area contributed by atoms with Gasteiger partial charge in [0.1, 0.15) is 6.54 Å². The van der Waals surface area contributed by atoms with Gasteiger partial charge in [-0.3, -0.25) is 4.79 Å². The molecule has 1 amide bonds. The summed E-state index contributed by atoms with van der Waals surface area (Å²) in [6.07, 6.45) is 1.27. The van der Waals surface area contributed by atoms with E-state index in [0.717, 1.165) is 19.0 Å². The Morgan fingerprint density at radius 1 is 1.29 bits per heavy atom. The second kappa shape index (κ2) is 9.48. The van der Waals surface area contributed by atoms with E-state index in [4.69, 9.17) is 0 Å². The van der Waals surface area contributed by atoms with Crippen LogP contribution < -0.4 is 5.32 Å². The summed E-state index contributed by atoms with van der Waals surface area (Å²) in [5, 5.41) is 3.39. The molecule has 5 nitrogen and oxygen atoms in total. The molecular formula is C15H31IN4O. The number of hydrogen-bond acceptors (Lipinski definition) is 2. The summed E-state index contributed by atoms with van der Waals surface area (Å²) in [4.78, 5) is 20.1. The van der Waals surface area contributed by atoms with Crippen LogP contribution in [0.4, 0.5) is 0 Å². The zero-order valence-corrected chi connectivity index (χ0v) is 16.5. The van der Waals surface area contributed by atoms with Crippen molar-refractivity contribution >= 4 is 35.8 Å². The Morgan fingerprint density at radius 3 is 2.24 bits per heavy atom. The average Bonchev–Trinajstić information content (AvgIpc) is 2.32. The van der Waals surface area contributed by atoms with Crippen molar-refractivity contribution in [3.63, 3.8) is 0 Å². The first-order chi connectivity index (χ1) is 9.29. The Morgan fingerprint density at radius 2 is 1.81 bits per heavy atom. The van der Waals surface area contributed by atoms with Crippen LogP contribution in [0.5, 0.6) is 0 Å². The van der Waals surface area contributed by atoms with Crippen LogP contribution in [0.2, 0.25) is 0 Å². The van der Waals surface area contributed by atoms with E-state index in [2.05, 4.69) is 42.9 Å². The van der Waals surface area contributed by atoms with Gasteiger partial charge in [-0.05, 0) is 32.1 Å². The first kappa shape index (κ1) is 20.5. The average molecular weight is 410 g/mol. The summed E-state index contributed by atoms with van der Waals surface area (Å²) >= 11 is 0. The van der Waals surface area contributed by atoms with Gasteiger partial charge >= 0.3 is 0 Å². The molecule has 21 heavy (non-hydrogen) atoms. The largest absolute Gasteiger partial charge is 0.354 e. The fourth-order valence-electron chi connectivity index (χ4n) is 2.61. The fourth-order valence-corrected chi connectivity index (χ4v) is 2.61. The third-order valence-electron chi connectivity index (χ3n) is 3.45. The molecule has 124 valence electrons. The Bertz CT molecular complexity index is 348. The molecule has 1 aliphatic heterocycles. The first-order valence-corrected chi connectivity index (χ1v) is 7.55. The van der Waals surface area contributed by atoms with Gasteiger partial charge in [-0.1, -0.05) is 13.8 Å². The van der Waals surface area contributed by atoms with Gasteiger partial charge in [-0.25, -0.2) is 4.99 Å². The van der Waals surface area contributed by atoms with Crippen LogP contribution >= 0.6 is 24.0 Å². The van der Waals surface area contributed by atoms with Crippen LogP contribution in [-0.2, 0) is 4.79 Å². The molecule has 0 saturated carbocycles. The molecule has 0 radical (unpaired) electrons. The lowest BCUT2D eigenvalue weighted by Crippen LogP contribution is -2.50. The highest BCUT2D eigenvalue weighted by Crippen LogP contribution is 2.20. The van der Waals surface area contributed by atoms with E-state index >= 15 is 0 Å². The predicted octanol–water partition coefficient (Wildman–Crippen LogP) is 2.02. The Kier molecular flexibility index (Phi) is 9.24. The third-order valence-corrected chi connectivity index (χ3v) is 3.45. The maximum Gasteiger partial charge on any atom is 0.243 e. The highest BCUT2D eigenvalue weighted by molar-refractivity contribution is 14.0. The topological polar surface area (TPSA) is 47.9 Å². The number of guanidine groups is 1. The SMILES string of the molecule is CC1CC(C)CN(C(=NCC(=O)N(C)C)NC(C)C)C1.I. The molecule has 1 saturated heterocycles. The summed E-state index contributed by atoms with van der Waals surface area (Å²) in [7, 11) is 3.52. The molecule has 0 aliphatic carbocycles. The number of likely N-dealkylation sites (tertiary alicyclic amines) is 1. The van der Waals surface area contributed by atoms with Crippen molar-refractivity contribution in [2.75, 3.05) is 33.7 Å². The minimum Gasteiger partial charge on any atom is -0.354 e. The van der Waals surface area contributed by atoms with E-state index in [-0.39, 0.29) is 36.4 Å². The molecule has 1 heterocycles. The number of likely N-dealkylation sites (N-methyl/N-ethyl adjacent to an activating group) is 1. The molecule has 1 rings (SSSR count). The summed E-state index contributed by atoms with van der Waals surface area (Å²) in [5.74, 6) is 2.24. The second-order valence-corrected chi connectivity index (χ2v) is 6.58. The number of amides is 1. The number of nitrogens with one attached hydrogen (secondary N) is 1. The molecule has 6 heteroatoms. The van der Waals surface area contributed by atoms with Gasteiger partial charge < -0.3 is 15.1 Å². The van der Waals surface area contributed by atoms with Gasteiger partial charge in [0, 0.05) is 33.2 Å². The van der Waals surface area contributed by atoms with E-state index in [1.165, 1.54) is 6.42 Å². The molecule has 2 unspecified atom stereocenters. The van der Waals surface area contributed by atoms with E-state index in [1.807, 2.05) is 0 Å². The lowest BCUT2D eigenvalue weighted by atomic mass is 9.92. The van der Waals surface area contributed by atoms with Crippen LogP contribution in [0, 0.1) is 11.8 Å². The van der Waals surface area contributed by atoms with Crippen molar-refractivity contribution in [2.45, 2.75) is 40.2 Å². The molecule has 1 fully saturated rings. The van der Waals surface area contributed by atoms with E-state index in [0.29, 0.717) is 17.9 Å². The molecule has 1 N–H and O–H groups in total. The van der Waals surface area contributed by atoms with E-state index < -0.39 is 0 Å². The summed E-state index contributed by atoms with van der Waals surface area (Å²) in [6, 6.07) is 0.316. The monoisotopic (exact) mass is 410 g/mol. The summed E-state index contributed by atoms with van der Waals surface area (Å²) in [6.45, 7) is 11.0. The van der Waals surface area contributed by atoms with Crippen molar-refractivity contribution in [3.05, 3.63) is 0 Å². The second-order valence-electron chi connectivity index (χ2n) is 6.58. The molecule has 0 aromatic heterocycles. The zero-order chi connectivity index (χ0) is 15.3. The highest BCUT2D eigenvalue weighted by Gasteiger charge is 2.24. The number of carbonyl (C=O) groups excluding carboxylic acids is 1. The van der Waals surface area contributed by atoms with Crippen LogP contribution in [0.1, 0.15) is 34.1 Å². The number of nitrogens with zero attached hydrogens (tertiary/aromatic N) is 3. The fraction of sp³-hybridized carbons (Fsp3) is 0.867. The zero-order valence-electron chi connectivity index (χ0n) is 14.2. The van der Waals surface area contributed by atoms with E-state index in [9.17, 15) is 4.79 Å². The van der Waals surface area contributed by atoms with Crippen LogP contribution in [0.3, 0.4) is 0 Å². The molecule has 0 spiro atoms. The quantitative estimate of drug-likeness (QED) is 0.440. The number of aliphatic imine (C=N–C) groups is 1. The van der Waals surface area contributed by atoms with Gasteiger partial charge in [0.25, 0.3) is 0 Å².